The van der Waals surface area contributed by atoms with Gasteiger partial charge in [-0.25, -0.2) is 0 Å². The Bertz CT molecular complexity index is 1140. The third kappa shape index (κ3) is 5.46. The minimum absolute atomic E-state index is 0.135. The van der Waals surface area contributed by atoms with E-state index in [4.69, 9.17) is 17.0 Å². The van der Waals surface area contributed by atoms with Crippen molar-refractivity contribution >= 4 is 40.5 Å². The van der Waals surface area contributed by atoms with Gasteiger partial charge in [-0.3, -0.25) is 14.9 Å². The molecular formula is C24H23N3O3S. The van der Waals surface area contributed by atoms with E-state index in [1.807, 2.05) is 38.1 Å². The Balaban J connectivity index is 1.66. The molecule has 0 saturated carbocycles. The molecule has 0 bridgehead atoms. The molecule has 6 nitrogen and oxygen atoms in total. The van der Waals surface area contributed by atoms with E-state index in [2.05, 4.69) is 16.0 Å². The molecule has 3 N–H and O–H groups in total. The van der Waals surface area contributed by atoms with Crippen LogP contribution in [-0.2, 0) is 0 Å². The van der Waals surface area contributed by atoms with Gasteiger partial charge in [-0.15, -0.1) is 0 Å². The van der Waals surface area contributed by atoms with Gasteiger partial charge in [-0.1, -0.05) is 36.4 Å². The van der Waals surface area contributed by atoms with Crippen LogP contribution in [0.15, 0.2) is 66.7 Å². The van der Waals surface area contributed by atoms with E-state index in [0.29, 0.717) is 28.3 Å². The molecule has 0 aliphatic rings. The Hall–Kier alpha value is -3.71. The van der Waals surface area contributed by atoms with Crippen molar-refractivity contribution in [3.05, 3.63) is 89.0 Å². The molecule has 3 aromatic rings. The first-order chi connectivity index (χ1) is 14.9. The van der Waals surface area contributed by atoms with Crippen LogP contribution in [0.5, 0.6) is 5.75 Å². The lowest BCUT2D eigenvalue weighted by Gasteiger charge is -2.14. The summed E-state index contributed by atoms with van der Waals surface area (Å²) in [7, 11) is 1.52. The summed E-state index contributed by atoms with van der Waals surface area (Å²) >= 11 is 5.28. The fourth-order valence-corrected chi connectivity index (χ4v) is 3.35. The predicted molar refractivity (Wildman–Crippen MR) is 127 cm³/mol. The second-order valence-corrected chi connectivity index (χ2v) is 7.32. The number of nitrogens with one attached hydrogen (secondary N) is 3. The number of anilines is 2. The van der Waals surface area contributed by atoms with Gasteiger partial charge >= 0.3 is 0 Å². The lowest BCUT2D eigenvalue weighted by atomic mass is 10.1. The van der Waals surface area contributed by atoms with Gasteiger partial charge < -0.3 is 15.4 Å². The van der Waals surface area contributed by atoms with E-state index in [-0.39, 0.29) is 16.9 Å². The number of rotatable bonds is 5. The molecule has 0 spiro atoms. The standard InChI is InChI=1S/C24H23N3O3S/c1-15-8-4-5-12-19(15)22(28)25-17-10-7-11-18(14-17)26-24(31)27-23(29)20-13-6-9-16(2)21(20)30-3/h4-14H,1-3H3,(H,25,28)(H2,26,27,29,31). The Kier molecular flexibility index (Phi) is 6.99. The third-order valence-corrected chi connectivity index (χ3v) is 4.86. The van der Waals surface area contributed by atoms with Gasteiger partial charge in [0.2, 0.25) is 0 Å². The summed E-state index contributed by atoms with van der Waals surface area (Å²) in [6.07, 6.45) is 0. The van der Waals surface area contributed by atoms with E-state index in [1.165, 1.54) is 7.11 Å². The van der Waals surface area contributed by atoms with Crippen molar-refractivity contribution in [3.63, 3.8) is 0 Å². The van der Waals surface area contributed by atoms with Crippen LogP contribution in [-0.4, -0.2) is 24.0 Å². The number of thiocarbonyl (C=S) groups is 1. The first kappa shape index (κ1) is 22.0. The molecule has 31 heavy (non-hydrogen) atoms. The molecular weight excluding hydrogens is 410 g/mol. The van der Waals surface area contributed by atoms with Gasteiger partial charge in [0.1, 0.15) is 5.75 Å². The second-order valence-electron chi connectivity index (χ2n) is 6.91. The number of carbonyl (C=O) groups is 2. The average Bonchev–Trinajstić information content (AvgIpc) is 2.73. The molecule has 0 saturated heterocycles. The molecule has 7 heteroatoms. The first-order valence-electron chi connectivity index (χ1n) is 9.62. The van der Waals surface area contributed by atoms with E-state index < -0.39 is 0 Å². The molecule has 0 aliphatic carbocycles. The maximum absolute atomic E-state index is 12.6. The molecule has 0 unspecified atom stereocenters. The SMILES string of the molecule is COc1c(C)cccc1C(=O)NC(=S)Nc1cccc(NC(=O)c2ccccc2C)c1. The van der Waals surface area contributed by atoms with Crippen LogP contribution in [0.2, 0.25) is 0 Å². The molecule has 3 aromatic carbocycles. The van der Waals surface area contributed by atoms with Crippen LogP contribution in [0.3, 0.4) is 0 Å². The van der Waals surface area contributed by atoms with Crippen molar-refractivity contribution in [3.8, 4) is 5.75 Å². The fraction of sp³-hybridized carbons (Fsp3) is 0.125. The number of para-hydroxylation sites is 1. The maximum atomic E-state index is 12.6. The zero-order chi connectivity index (χ0) is 22.4. The van der Waals surface area contributed by atoms with Gasteiger partial charge in [0.15, 0.2) is 5.11 Å². The van der Waals surface area contributed by atoms with Crippen molar-refractivity contribution in [2.45, 2.75) is 13.8 Å². The number of benzene rings is 3. The highest BCUT2D eigenvalue weighted by molar-refractivity contribution is 7.80. The number of aryl methyl sites for hydroxylation is 2. The second kappa shape index (κ2) is 9.86. The van der Waals surface area contributed by atoms with Crippen molar-refractivity contribution in [1.82, 2.24) is 5.32 Å². The molecule has 3 rings (SSSR count). The lowest BCUT2D eigenvalue weighted by Crippen LogP contribution is -2.34. The van der Waals surface area contributed by atoms with Gasteiger partial charge in [0.05, 0.1) is 12.7 Å². The molecule has 0 aromatic heterocycles. The van der Waals surface area contributed by atoms with Gasteiger partial charge in [-0.05, 0) is 67.5 Å². The predicted octanol–water partition coefficient (Wildman–Crippen LogP) is 4.69. The largest absolute Gasteiger partial charge is 0.496 e. The summed E-state index contributed by atoms with van der Waals surface area (Å²) < 4.78 is 5.33. The highest BCUT2D eigenvalue weighted by atomic mass is 32.1. The monoisotopic (exact) mass is 433 g/mol. The number of ether oxygens (including phenoxy) is 1. The van der Waals surface area contributed by atoms with Crippen LogP contribution in [0.4, 0.5) is 11.4 Å². The molecule has 0 radical (unpaired) electrons. The number of carbonyl (C=O) groups excluding carboxylic acids is 2. The Morgan fingerprint density at radius 3 is 2.10 bits per heavy atom. The number of hydrogen-bond acceptors (Lipinski definition) is 4. The Labute approximate surface area is 186 Å². The topological polar surface area (TPSA) is 79.5 Å². The lowest BCUT2D eigenvalue weighted by molar-refractivity contribution is 0.0973. The van der Waals surface area contributed by atoms with Gasteiger partial charge in [0, 0.05) is 16.9 Å². The third-order valence-electron chi connectivity index (χ3n) is 4.66. The van der Waals surface area contributed by atoms with E-state index in [0.717, 1.165) is 11.1 Å². The van der Waals surface area contributed by atoms with Crippen LogP contribution >= 0.6 is 12.2 Å². The van der Waals surface area contributed by atoms with Crippen molar-refractivity contribution < 1.29 is 14.3 Å². The van der Waals surface area contributed by atoms with Crippen LogP contribution in [0.1, 0.15) is 31.8 Å². The summed E-state index contributed by atoms with van der Waals surface area (Å²) in [6, 6.07) is 19.8. The van der Waals surface area contributed by atoms with Crippen LogP contribution < -0.4 is 20.7 Å². The maximum Gasteiger partial charge on any atom is 0.261 e. The Morgan fingerprint density at radius 2 is 1.39 bits per heavy atom. The van der Waals surface area contributed by atoms with Crippen LogP contribution in [0.25, 0.3) is 0 Å². The minimum Gasteiger partial charge on any atom is -0.496 e. The molecule has 0 heterocycles. The van der Waals surface area contributed by atoms with Crippen molar-refractivity contribution in [2.24, 2.45) is 0 Å². The van der Waals surface area contributed by atoms with Crippen LogP contribution in [0, 0.1) is 13.8 Å². The van der Waals surface area contributed by atoms with Gasteiger partial charge in [0.25, 0.3) is 11.8 Å². The van der Waals surface area contributed by atoms with Crippen molar-refractivity contribution in [1.29, 1.82) is 0 Å². The van der Waals surface area contributed by atoms with E-state index in [1.54, 1.807) is 42.5 Å². The van der Waals surface area contributed by atoms with E-state index in [9.17, 15) is 9.59 Å². The van der Waals surface area contributed by atoms with Crippen molar-refractivity contribution in [2.75, 3.05) is 17.7 Å². The summed E-state index contributed by atoms with van der Waals surface area (Å²) in [5, 5.41) is 8.63. The molecule has 0 fully saturated rings. The highest BCUT2D eigenvalue weighted by Gasteiger charge is 2.15. The van der Waals surface area contributed by atoms with Gasteiger partial charge in [-0.2, -0.15) is 0 Å². The highest BCUT2D eigenvalue weighted by Crippen LogP contribution is 2.23. The summed E-state index contributed by atoms with van der Waals surface area (Å²) in [5.74, 6) is -0.0663. The minimum atomic E-state index is -0.373. The molecule has 2 amide bonds. The zero-order valence-electron chi connectivity index (χ0n) is 17.5. The smallest absolute Gasteiger partial charge is 0.261 e. The number of hydrogen-bond donors (Lipinski definition) is 3. The summed E-state index contributed by atoms with van der Waals surface area (Å²) in [5.41, 5.74) is 3.98. The summed E-state index contributed by atoms with van der Waals surface area (Å²) in [6.45, 7) is 3.75. The number of methoxy groups -OCH3 is 1. The average molecular weight is 434 g/mol. The quantitative estimate of drug-likeness (QED) is 0.509. The molecule has 158 valence electrons. The Morgan fingerprint density at radius 1 is 0.774 bits per heavy atom. The van der Waals surface area contributed by atoms with E-state index >= 15 is 0 Å². The normalized spacial score (nSPS) is 10.2. The summed E-state index contributed by atoms with van der Waals surface area (Å²) in [4.78, 5) is 25.1. The zero-order valence-corrected chi connectivity index (χ0v) is 18.3. The number of amides is 2. The fourth-order valence-electron chi connectivity index (χ4n) is 3.14. The first-order valence-corrected chi connectivity index (χ1v) is 10.0. The molecule has 0 atom stereocenters. The molecule has 0 aliphatic heterocycles.